The molecule has 0 fully saturated rings. The molecule has 0 bridgehead atoms. The number of nitrogens with zero attached hydrogens (tertiary/aromatic N) is 3. The Morgan fingerprint density at radius 2 is 0.613 bits per heavy atom. The van der Waals surface area contributed by atoms with Crippen molar-refractivity contribution in [1.29, 1.82) is 0 Å². The van der Waals surface area contributed by atoms with E-state index in [1.54, 1.807) is 0 Å². The SMILES string of the molecule is c1ccc(-c2ccc(-c3cc(-c4ccc(-c5ccccc5)cc4)nc(-c4ccc(-c5ccc6ccc7nc(-c8ccccc8)cc(-c8ccccc8)c7c6c5)cc4)n3)cc2)cc1. The van der Waals surface area contributed by atoms with Crippen LogP contribution < -0.4 is 0 Å². The smallest absolute Gasteiger partial charge is 0.160 e. The predicted octanol–water partition coefficient (Wildman–Crippen LogP) is 15.5. The molecule has 0 saturated heterocycles. The van der Waals surface area contributed by atoms with E-state index in [2.05, 4.69) is 218 Å². The predicted molar refractivity (Wildman–Crippen MR) is 258 cm³/mol. The Hall–Kier alpha value is -8.27. The van der Waals surface area contributed by atoms with Gasteiger partial charge in [0.2, 0.25) is 0 Å². The van der Waals surface area contributed by atoms with Gasteiger partial charge in [0.15, 0.2) is 5.82 Å². The van der Waals surface area contributed by atoms with Gasteiger partial charge in [0.05, 0.1) is 22.6 Å². The molecule has 11 aromatic rings. The molecule has 0 atom stereocenters. The third-order valence-corrected chi connectivity index (χ3v) is 11.7. The van der Waals surface area contributed by atoms with Gasteiger partial charge in [-0.15, -0.1) is 0 Å². The van der Waals surface area contributed by atoms with E-state index < -0.39 is 0 Å². The first-order valence-corrected chi connectivity index (χ1v) is 21.0. The summed E-state index contributed by atoms with van der Waals surface area (Å²) < 4.78 is 0. The second-order valence-corrected chi connectivity index (χ2v) is 15.6. The van der Waals surface area contributed by atoms with Gasteiger partial charge in [0, 0.05) is 27.6 Å². The zero-order chi connectivity index (χ0) is 41.2. The minimum Gasteiger partial charge on any atom is -0.248 e. The van der Waals surface area contributed by atoms with Crippen LogP contribution in [0.15, 0.2) is 237 Å². The molecule has 62 heavy (non-hydrogen) atoms. The van der Waals surface area contributed by atoms with Crippen LogP contribution in [-0.2, 0) is 0 Å². The third-order valence-electron chi connectivity index (χ3n) is 11.7. The van der Waals surface area contributed by atoms with Crippen molar-refractivity contribution in [3.05, 3.63) is 237 Å². The van der Waals surface area contributed by atoms with Crippen molar-refractivity contribution in [3.63, 3.8) is 0 Å². The number of benzene rings is 9. The quantitative estimate of drug-likeness (QED) is 0.144. The average Bonchev–Trinajstić information content (AvgIpc) is 3.37. The van der Waals surface area contributed by atoms with Crippen molar-refractivity contribution < 1.29 is 0 Å². The van der Waals surface area contributed by atoms with E-state index in [0.717, 1.165) is 61.4 Å². The largest absolute Gasteiger partial charge is 0.248 e. The second kappa shape index (κ2) is 16.1. The lowest BCUT2D eigenvalue weighted by atomic mass is 9.92. The first-order valence-electron chi connectivity index (χ1n) is 21.0. The molecule has 0 unspecified atom stereocenters. The van der Waals surface area contributed by atoms with E-state index in [9.17, 15) is 0 Å². The van der Waals surface area contributed by atoms with Crippen LogP contribution in [0.3, 0.4) is 0 Å². The lowest BCUT2D eigenvalue weighted by molar-refractivity contribution is 1.18. The molecule has 290 valence electrons. The van der Waals surface area contributed by atoms with Gasteiger partial charge >= 0.3 is 0 Å². The van der Waals surface area contributed by atoms with Gasteiger partial charge in [0.25, 0.3) is 0 Å². The molecule has 0 amide bonds. The van der Waals surface area contributed by atoms with Gasteiger partial charge in [-0.2, -0.15) is 0 Å². The summed E-state index contributed by atoms with van der Waals surface area (Å²) in [4.78, 5) is 15.6. The molecule has 0 spiro atoms. The minimum atomic E-state index is 0.681. The molecule has 0 radical (unpaired) electrons. The Balaban J connectivity index is 0.986. The van der Waals surface area contributed by atoms with Crippen molar-refractivity contribution in [1.82, 2.24) is 15.0 Å². The summed E-state index contributed by atoms with van der Waals surface area (Å²) >= 11 is 0. The van der Waals surface area contributed by atoms with Gasteiger partial charge in [-0.25, -0.2) is 15.0 Å². The normalized spacial score (nSPS) is 11.2. The summed E-state index contributed by atoms with van der Waals surface area (Å²) in [6.07, 6.45) is 0. The molecule has 0 N–H and O–H groups in total. The van der Waals surface area contributed by atoms with Crippen LogP contribution in [0.5, 0.6) is 0 Å². The van der Waals surface area contributed by atoms with Gasteiger partial charge < -0.3 is 0 Å². The highest BCUT2D eigenvalue weighted by atomic mass is 14.9. The van der Waals surface area contributed by atoms with E-state index in [4.69, 9.17) is 15.0 Å². The van der Waals surface area contributed by atoms with E-state index >= 15 is 0 Å². The zero-order valence-electron chi connectivity index (χ0n) is 33.9. The van der Waals surface area contributed by atoms with Gasteiger partial charge in [-0.1, -0.05) is 212 Å². The summed E-state index contributed by atoms with van der Waals surface area (Å²) in [6, 6.07) is 83.4. The highest BCUT2D eigenvalue weighted by Crippen LogP contribution is 2.39. The monoisotopic (exact) mass is 789 g/mol. The number of pyridine rings is 1. The van der Waals surface area contributed by atoms with E-state index in [-0.39, 0.29) is 0 Å². The average molecular weight is 790 g/mol. The van der Waals surface area contributed by atoms with Crippen LogP contribution in [0, 0.1) is 0 Å². The maximum absolute atomic E-state index is 5.21. The number of aromatic nitrogens is 3. The molecule has 2 aromatic heterocycles. The van der Waals surface area contributed by atoms with Crippen LogP contribution in [-0.4, -0.2) is 15.0 Å². The maximum Gasteiger partial charge on any atom is 0.160 e. The van der Waals surface area contributed by atoms with Crippen LogP contribution in [0.1, 0.15) is 0 Å². The Kier molecular flexibility index (Phi) is 9.53. The van der Waals surface area contributed by atoms with Crippen LogP contribution in [0.4, 0.5) is 0 Å². The van der Waals surface area contributed by atoms with Crippen molar-refractivity contribution in [2.75, 3.05) is 0 Å². The second-order valence-electron chi connectivity index (χ2n) is 15.6. The summed E-state index contributed by atoms with van der Waals surface area (Å²) in [7, 11) is 0. The first-order chi connectivity index (χ1) is 30.7. The molecular formula is C59H39N3. The topological polar surface area (TPSA) is 38.7 Å². The number of hydrogen-bond donors (Lipinski definition) is 0. The lowest BCUT2D eigenvalue weighted by Crippen LogP contribution is -1.96. The maximum atomic E-state index is 5.21. The fraction of sp³-hybridized carbons (Fsp3) is 0. The molecule has 0 saturated carbocycles. The number of hydrogen-bond acceptors (Lipinski definition) is 3. The summed E-state index contributed by atoms with van der Waals surface area (Å²) in [5.41, 5.74) is 17.1. The number of rotatable bonds is 8. The van der Waals surface area contributed by atoms with Gasteiger partial charge in [-0.05, 0) is 79.5 Å². The third kappa shape index (κ3) is 7.23. The highest BCUT2D eigenvalue weighted by molar-refractivity contribution is 6.14. The van der Waals surface area contributed by atoms with E-state index in [0.29, 0.717) is 5.82 Å². The Morgan fingerprint density at radius 3 is 1.15 bits per heavy atom. The highest BCUT2D eigenvalue weighted by Gasteiger charge is 2.15. The lowest BCUT2D eigenvalue weighted by Gasteiger charge is -2.14. The Labute approximate surface area is 361 Å². The van der Waals surface area contributed by atoms with Crippen LogP contribution in [0.2, 0.25) is 0 Å². The molecule has 3 nitrogen and oxygen atoms in total. The van der Waals surface area contributed by atoms with Crippen molar-refractivity contribution in [2.45, 2.75) is 0 Å². The van der Waals surface area contributed by atoms with Crippen LogP contribution >= 0.6 is 0 Å². The van der Waals surface area contributed by atoms with Gasteiger partial charge in [0.1, 0.15) is 0 Å². The molecular weight excluding hydrogens is 751 g/mol. The molecule has 0 aliphatic rings. The van der Waals surface area contributed by atoms with Crippen molar-refractivity contribution >= 4 is 21.7 Å². The molecule has 2 heterocycles. The fourth-order valence-corrected chi connectivity index (χ4v) is 8.45. The first kappa shape index (κ1) is 36.8. The standard InChI is InChI=1S/C59H39N3/c1-5-13-40(14-6-1)42-21-28-48(29-22-42)56-39-57(49-30-23-43(24-31-49)41-15-7-2-8-16-41)62-59(61-56)50-32-25-44(26-33-50)51-34-27-46-35-36-54-58(52(46)37-51)53(45-17-9-3-10-18-45)38-55(60-54)47-19-11-4-12-20-47/h1-39H. The summed E-state index contributed by atoms with van der Waals surface area (Å²) in [5.74, 6) is 0.681. The van der Waals surface area contributed by atoms with Gasteiger partial charge in [-0.3, -0.25) is 0 Å². The van der Waals surface area contributed by atoms with E-state index in [1.165, 1.54) is 44.2 Å². The number of fused-ring (bicyclic) bond motifs is 3. The summed E-state index contributed by atoms with van der Waals surface area (Å²) in [6.45, 7) is 0. The minimum absolute atomic E-state index is 0.681. The molecule has 9 aromatic carbocycles. The fourth-order valence-electron chi connectivity index (χ4n) is 8.45. The molecule has 0 aliphatic heterocycles. The summed E-state index contributed by atoms with van der Waals surface area (Å²) in [5, 5.41) is 3.50. The van der Waals surface area contributed by atoms with E-state index in [1.807, 2.05) is 18.2 Å². The Bertz CT molecular complexity index is 3230. The molecule has 3 heteroatoms. The van der Waals surface area contributed by atoms with Crippen molar-refractivity contribution in [3.8, 4) is 89.7 Å². The molecule has 11 rings (SSSR count). The zero-order valence-corrected chi connectivity index (χ0v) is 33.9. The van der Waals surface area contributed by atoms with Crippen molar-refractivity contribution in [2.24, 2.45) is 0 Å². The Morgan fingerprint density at radius 1 is 0.242 bits per heavy atom. The molecule has 0 aliphatic carbocycles. The van der Waals surface area contributed by atoms with Crippen LogP contribution in [0.25, 0.3) is 111 Å².